The Bertz CT molecular complexity index is 428. The third kappa shape index (κ3) is 2.77. The number of amidine groups is 1. The molecule has 0 amide bonds. The Morgan fingerprint density at radius 3 is 3.06 bits per heavy atom. The highest BCUT2D eigenvalue weighted by molar-refractivity contribution is 8.16. The van der Waals surface area contributed by atoms with Crippen LogP contribution in [0.3, 0.4) is 0 Å². The molecule has 3 rings (SSSR count). The lowest BCUT2D eigenvalue weighted by molar-refractivity contribution is 0.517. The quantitative estimate of drug-likeness (QED) is 0.785. The van der Waals surface area contributed by atoms with E-state index in [-0.39, 0.29) is 0 Å². The van der Waals surface area contributed by atoms with Gasteiger partial charge in [-0.1, -0.05) is 31.0 Å². The zero-order valence-corrected chi connectivity index (χ0v) is 11.2. The Kier molecular flexibility index (Phi) is 3.57. The fourth-order valence-electron chi connectivity index (χ4n) is 2.15. The van der Waals surface area contributed by atoms with Gasteiger partial charge < -0.3 is 4.72 Å². The van der Waals surface area contributed by atoms with Crippen LogP contribution >= 0.6 is 23.7 Å². The van der Waals surface area contributed by atoms with Crippen molar-refractivity contribution in [2.24, 2.45) is 4.99 Å². The lowest BCUT2D eigenvalue weighted by Crippen LogP contribution is -2.20. The number of thioether (sulfide) groups is 1. The smallest absolute Gasteiger partial charge is 0.174 e. The average molecular weight is 265 g/mol. The van der Waals surface area contributed by atoms with E-state index < -0.39 is 0 Å². The van der Waals surface area contributed by atoms with Crippen LogP contribution in [-0.4, -0.2) is 15.4 Å². The summed E-state index contributed by atoms with van der Waals surface area (Å²) < 4.78 is 3.31. The van der Waals surface area contributed by atoms with Crippen molar-refractivity contribution in [3.63, 3.8) is 0 Å². The molecule has 0 saturated heterocycles. The number of rotatable bonds is 1. The van der Waals surface area contributed by atoms with Gasteiger partial charge in [-0.05, 0) is 36.9 Å². The van der Waals surface area contributed by atoms with Crippen molar-refractivity contribution in [2.45, 2.75) is 42.2 Å². The van der Waals surface area contributed by atoms with E-state index in [1.54, 1.807) is 18.1 Å². The van der Waals surface area contributed by atoms with E-state index in [2.05, 4.69) is 14.7 Å². The predicted molar refractivity (Wildman–Crippen MR) is 74.8 cm³/mol. The number of nitrogens with zero attached hydrogens (tertiary/aromatic N) is 2. The van der Waals surface area contributed by atoms with Crippen molar-refractivity contribution < 1.29 is 0 Å². The Morgan fingerprint density at radius 1 is 1.29 bits per heavy atom. The normalized spacial score (nSPS) is 20.4. The number of nitrogens with one attached hydrogen (secondary N) is 1. The molecule has 0 radical (unpaired) electrons. The summed E-state index contributed by atoms with van der Waals surface area (Å²) in [6.45, 7) is 0. The summed E-state index contributed by atoms with van der Waals surface area (Å²) in [5.74, 6) is 0.856. The molecule has 1 N–H and O–H groups in total. The summed E-state index contributed by atoms with van der Waals surface area (Å²) in [6, 6.07) is 3.99. The molecule has 1 aliphatic heterocycles. The maximum absolute atomic E-state index is 4.58. The van der Waals surface area contributed by atoms with Crippen molar-refractivity contribution in [1.82, 2.24) is 9.71 Å². The second kappa shape index (κ2) is 5.31. The molecular formula is C12H15N3S2. The second-order valence-corrected chi connectivity index (χ2v) is 6.46. The number of fused-ring (bicyclic) bond motifs is 1. The van der Waals surface area contributed by atoms with Crippen LogP contribution in [0.25, 0.3) is 0 Å². The van der Waals surface area contributed by atoms with Gasteiger partial charge in [-0.15, -0.1) is 0 Å². The third-order valence-corrected chi connectivity index (χ3v) is 5.22. The first-order chi connectivity index (χ1) is 8.42. The van der Waals surface area contributed by atoms with Gasteiger partial charge in [0.1, 0.15) is 0 Å². The fourth-order valence-corrected chi connectivity index (χ4v) is 4.08. The molecule has 1 aliphatic carbocycles. The van der Waals surface area contributed by atoms with Gasteiger partial charge in [-0.3, -0.25) is 0 Å². The van der Waals surface area contributed by atoms with Crippen LogP contribution in [0.15, 0.2) is 28.2 Å². The van der Waals surface area contributed by atoms with Crippen LogP contribution in [-0.2, 0) is 0 Å². The lowest BCUT2D eigenvalue weighted by Gasteiger charge is -2.23. The summed E-state index contributed by atoms with van der Waals surface area (Å²) in [5.41, 5.74) is 0. The van der Waals surface area contributed by atoms with Crippen molar-refractivity contribution >= 4 is 34.7 Å². The number of aromatic nitrogens is 1. The Balaban J connectivity index is 1.70. The van der Waals surface area contributed by atoms with Crippen LogP contribution < -0.4 is 4.72 Å². The van der Waals surface area contributed by atoms with Crippen LogP contribution in [0.1, 0.15) is 32.1 Å². The molecule has 0 atom stereocenters. The molecular weight excluding hydrogens is 250 g/mol. The Labute approximate surface area is 110 Å². The first-order valence-corrected chi connectivity index (χ1v) is 7.75. The van der Waals surface area contributed by atoms with E-state index in [1.807, 2.05) is 23.9 Å². The highest BCUT2D eigenvalue weighted by Crippen LogP contribution is 2.34. The molecule has 0 spiro atoms. The van der Waals surface area contributed by atoms with Crippen LogP contribution in [0.4, 0.5) is 5.82 Å². The second-order valence-electron chi connectivity index (χ2n) is 4.32. The molecule has 1 saturated carbocycles. The van der Waals surface area contributed by atoms with Gasteiger partial charge in [0.2, 0.25) is 0 Å². The summed E-state index contributed by atoms with van der Waals surface area (Å²) in [7, 11) is 0. The predicted octanol–water partition coefficient (Wildman–Crippen LogP) is 3.75. The van der Waals surface area contributed by atoms with Crippen molar-refractivity contribution in [1.29, 1.82) is 0 Å². The van der Waals surface area contributed by atoms with E-state index >= 15 is 0 Å². The van der Waals surface area contributed by atoms with Gasteiger partial charge in [0.15, 0.2) is 11.0 Å². The van der Waals surface area contributed by atoms with Gasteiger partial charge in [-0.2, -0.15) is 0 Å². The fraction of sp³-hybridized carbons (Fsp3) is 0.500. The third-order valence-electron chi connectivity index (χ3n) is 3.04. The van der Waals surface area contributed by atoms with Crippen LogP contribution in [0.5, 0.6) is 0 Å². The lowest BCUT2D eigenvalue weighted by atomic mass is 10.0. The van der Waals surface area contributed by atoms with Crippen molar-refractivity contribution in [2.75, 3.05) is 0 Å². The van der Waals surface area contributed by atoms with Crippen LogP contribution in [0, 0.1) is 0 Å². The molecule has 17 heavy (non-hydrogen) atoms. The molecule has 90 valence electrons. The zero-order chi connectivity index (χ0) is 11.5. The van der Waals surface area contributed by atoms with E-state index in [1.165, 1.54) is 32.1 Å². The number of pyridine rings is 1. The molecule has 5 heteroatoms. The van der Waals surface area contributed by atoms with E-state index in [4.69, 9.17) is 0 Å². The minimum absolute atomic E-state index is 0.737. The zero-order valence-electron chi connectivity index (χ0n) is 9.56. The molecule has 0 unspecified atom stereocenters. The van der Waals surface area contributed by atoms with Crippen molar-refractivity contribution in [3.8, 4) is 0 Å². The Hall–Kier alpha value is -0.680. The summed E-state index contributed by atoms with van der Waals surface area (Å²) >= 11 is 3.50. The standard InChI is InChI=1S/C12H15N3S2/c1-2-5-9(6-3-1)16-12-14-11-10(17-15-12)7-4-8-13-11/h4,7-9H,1-3,5-6H2,(H,13,14,15). The summed E-state index contributed by atoms with van der Waals surface area (Å²) in [5, 5.41) is 1.76. The maximum atomic E-state index is 4.58. The molecule has 2 aliphatic rings. The van der Waals surface area contributed by atoms with Crippen LogP contribution in [0.2, 0.25) is 0 Å². The van der Waals surface area contributed by atoms with Gasteiger partial charge in [0.05, 0.1) is 4.90 Å². The molecule has 1 aromatic heterocycles. The van der Waals surface area contributed by atoms with E-state index in [0.717, 1.165) is 21.1 Å². The molecule has 3 nitrogen and oxygen atoms in total. The maximum Gasteiger partial charge on any atom is 0.174 e. The molecule has 1 aromatic rings. The highest BCUT2D eigenvalue weighted by atomic mass is 32.2. The van der Waals surface area contributed by atoms with E-state index in [9.17, 15) is 0 Å². The minimum atomic E-state index is 0.737. The van der Waals surface area contributed by atoms with Gasteiger partial charge in [0, 0.05) is 11.4 Å². The average Bonchev–Trinajstić information content (AvgIpc) is 2.40. The summed E-state index contributed by atoms with van der Waals surface area (Å²) in [4.78, 5) is 9.99. The Morgan fingerprint density at radius 2 is 2.18 bits per heavy atom. The molecule has 2 heterocycles. The number of hydrogen-bond acceptors (Lipinski definition) is 5. The SMILES string of the molecule is c1cnc2c(c1)SNC(SC1CCCCC1)=N2. The number of hydrogen-bond donors (Lipinski definition) is 1. The molecule has 0 bridgehead atoms. The largest absolute Gasteiger partial charge is 0.305 e. The monoisotopic (exact) mass is 265 g/mol. The highest BCUT2D eigenvalue weighted by Gasteiger charge is 2.19. The molecule has 0 aromatic carbocycles. The number of aliphatic imine (C=N–C) groups is 1. The van der Waals surface area contributed by atoms with Crippen molar-refractivity contribution in [3.05, 3.63) is 18.3 Å². The van der Waals surface area contributed by atoms with Gasteiger partial charge in [0.25, 0.3) is 0 Å². The first kappa shape index (κ1) is 11.4. The van der Waals surface area contributed by atoms with Gasteiger partial charge >= 0.3 is 0 Å². The summed E-state index contributed by atoms with van der Waals surface area (Å²) in [6.07, 6.45) is 8.59. The first-order valence-electron chi connectivity index (χ1n) is 6.05. The topological polar surface area (TPSA) is 37.3 Å². The molecule has 1 fully saturated rings. The minimum Gasteiger partial charge on any atom is -0.305 e. The van der Waals surface area contributed by atoms with E-state index in [0.29, 0.717) is 0 Å². The van der Waals surface area contributed by atoms with Gasteiger partial charge in [-0.25, -0.2) is 9.98 Å².